The Morgan fingerprint density at radius 1 is 1.22 bits per heavy atom. The standard InChI is InChI=1S/C25H45N5O2/c1-5-26-25(28-22(4)10-9-13-29(6-2)7-3)27-21-23-11-8-12-24(20-23)32-19-16-30-14-17-31-18-15-30/h8,11-12,20,22H,5-7,9-10,13-19,21H2,1-4H3,(H2,26,27,28). The topological polar surface area (TPSA) is 61.4 Å². The van der Waals surface area contributed by atoms with Crippen molar-refractivity contribution in [3.05, 3.63) is 29.8 Å². The Morgan fingerprint density at radius 3 is 2.72 bits per heavy atom. The SMILES string of the molecule is CCNC(=NCc1cccc(OCCN2CCOCC2)c1)NC(C)CCCN(CC)CC. The summed E-state index contributed by atoms with van der Waals surface area (Å²) in [7, 11) is 0. The highest BCUT2D eigenvalue weighted by Gasteiger charge is 2.10. The number of benzene rings is 1. The monoisotopic (exact) mass is 447 g/mol. The maximum atomic E-state index is 5.98. The summed E-state index contributed by atoms with van der Waals surface area (Å²) in [5.74, 6) is 1.79. The number of nitrogens with zero attached hydrogens (tertiary/aromatic N) is 3. The quantitative estimate of drug-likeness (QED) is 0.338. The van der Waals surface area contributed by atoms with Gasteiger partial charge in [0.1, 0.15) is 12.4 Å². The van der Waals surface area contributed by atoms with E-state index in [1.165, 1.54) is 6.42 Å². The van der Waals surface area contributed by atoms with E-state index in [1.54, 1.807) is 0 Å². The molecular weight excluding hydrogens is 402 g/mol. The first-order chi connectivity index (χ1) is 15.6. The number of guanidine groups is 1. The highest BCUT2D eigenvalue weighted by atomic mass is 16.5. The first-order valence-electron chi connectivity index (χ1n) is 12.4. The molecule has 1 aromatic carbocycles. The van der Waals surface area contributed by atoms with E-state index in [-0.39, 0.29) is 0 Å². The Kier molecular flexibility index (Phi) is 13.1. The van der Waals surface area contributed by atoms with E-state index in [0.29, 0.717) is 19.2 Å². The third kappa shape index (κ3) is 10.7. The van der Waals surface area contributed by atoms with Gasteiger partial charge in [-0.2, -0.15) is 0 Å². The van der Waals surface area contributed by atoms with E-state index >= 15 is 0 Å². The smallest absolute Gasteiger partial charge is 0.191 e. The van der Waals surface area contributed by atoms with Gasteiger partial charge in [0.15, 0.2) is 5.96 Å². The Morgan fingerprint density at radius 2 is 2.00 bits per heavy atom. The fourth-order valence-corrected chi connectivity index (χ4v) is 3.81. The number of morpholine rings is 1. The number of aliphatic imine (C=N–C) groups is 1. The second-order valence-corrected chi connectivity index (χ2v) is 8.36. The summed E-state index contributed by atoms with van der Waals surface area (Å²) < 4.78 is 11.4. The molecule has 0 spiro atoms. The van der Waals surface area contributed by atoms with Crippen LogP contribution in [0, 0.1) is 0 Å². The van der Waals surface area contributed by atoms with Gasteiger partial charge in [0, 0.05) is 32.2 Å². The number of hydrogen-bond donors (Lipinski definition) is 2. The van der Waals surface area contributed by atoms with Crippen LogP contribution in [0.5, 0.6) is 5.75 Å². The highest BCUT2D eigenvalue weighted by molar-refractivity contribution is 5.80. The van der Waals surface area contributed by atoms with Crippen molar-refractivity contribution in [1.82, 2.24) is 20.4 Å². The van der Waals surface area contributed by atoms with Crippen LogP contribution in [0.1, 0.15) is 46.1 Å². The summed E-state index contributed by atoms with van der Waals surface area (Å²) in [5.41, 5.74) is 1.15. The van der Waals surface area contributed by atoms with Crippen molar-refractivity contribution in [3.8, 4) is 5.75 Å². The van der Waals surface area contributed by atoms with Crippen molar-refractivity contribution in [2.75, 3.05) is 65.6 Å². The van der Waals surface area contributed by atoms with E-state index in [2.05, 4.69) is 60.3 Å². The largest absolute Gasteiger partial charge is 0.492 e. The lowest BCUT2D eigenvalue weighted by Gasteiger charge is -2.26. The lowest BCUT2D eigenvalue weighted by molar-refractivity contribution is 0.0322. The van der Waals surface area contributed by atoms with Gasteiger partial charge in [0.25, 0.3) is 0 Å². The predicted molar refractivity (Wildman–Crippen MR) is 134 cm³/mol. The molecule has 7 heteroatoms. The fraction of sp³-hybridized carbons (Fsp3) is 0.720. The molecule has 1 saturated heterocycles. The molecule has 1 aliphatic rings. The first kappa shape index (κ1) is 26.4. The van der Waals surface area contributed by atoms with Crippen LogP contribution in [0.15, 0.2) is 29.3 Å². The van der Waals surface area contributed by atoms with E-state index in [9.17, 15) is 0 Å². The van der Waals surface area contributed by atoms with Crippen LogP contribution >= 0.6 is 0 Å². The summed E-state index contributed by atoms with van der Waals surface area (Å²) in [6, 6.07) is 8.66. The van der Waals surface area contributed by atoms with Crippen LogP contribution in [0.2, 0.25) is 0 Å². The molecule has 7 nitrogen and oxygen atoms in total. The molecule has 1 unspecified atom stereocenters. The molecule has 1 aliphatic heterocycles. The number of nitrogens with one attached hydrogen (secondary N) is 2. The molecule has 2 N–H and O–H groups in total. The molecule has 0 amide bonds. The molecule has 32 heavy (non-hydrogen) atoms. The zero-order valence-electron chi connectivity index (χ0n) is 20.7. The minimum absolute atomic E-state index is 0.387. The van der Waals surface area contributed by atoms with Gasteiger partial charge >= 0.3 is 0 Å². The molecule has 1 heterocycles. The van der Waals surface area contributed by atoms with Crippen molar-refractivity contribution in [2.45, 2.75) is 53.1 Å². The Bertz CT molecular complexity index is 645. The highest BCUT2D eigenvalue weighted by Crippen LogP contribution is 2.14. The third-order valence-electron chi connectivity index (χ3n) is 5.83. The van der Waals surface area contributed by atoms with E-state index in [1.807, 2.05) is 12.1 Å². The average Bonchev–Trinajstić information content (AvgIpc) is 2.81. The maximum Gasteiger partial charge on any atom is 0.191 e. The molecule has 0 bridgehead atoms. The average molecular weight is 448 g/mol. The normalized spacial score (nSPS) is 16.2. The summed E-state index contributed by atoms with van der Waals surface area (Å²) in [6.45, 7) is 18.9. The lowest BCUT2D eigenvalue weighted by atomic mass is 10.2. The third-order valence-corrected chi connectivity index (χ3v) is 5.83. The van der Waals surface area contributed by atoms with Crippen molar-refractivity contribution in [1.29, 1.82) is 0 Å². The fourth-order valence-electron chi connectivity index (χ4n) is 3.81. The van der Waals surface area contributed by atoms with Crippen LogP contribution in [0.3, 0.4) is 0 Å². The van der Waals surface area contributed by atoms with Crippen molar-refractivity contribution >= 4 is 5.96 Å². The number of ether oxygens (including phenoxy) is 2. The predicted octanol–water partition coefficient (Wildman–Crippen LogP) is 2.96. The minimum atomic E-state index is 0.387. The van der Waals surface area contributed by atoms with E-state index in [0.717, 1.165) is 82.7 Å². The zero-order valence-corrected chi connectivity index (χ0v) is 20.7. The molecule has 0 aliphatic carbocycles. The minimum Gasteiger partial charge on any atom is -0.492 e. The van der Waals surface area contributed by atoms with Crippen molar-refractivity contribution in [2.24, 2.45) is 4.99 Å². The van der Waals surface area contributed by atoms with Crippen LogP contribution in [0.4, 0.5) is 0 Å². The van der Waals surface area contributed by atoms with Crippen LogP contribution < -0.4 is 15.4 Å². The molecule has 0 saturated carbocycles. The molecule has 0 radical (unpaired) electrons. The molecule has 1 atom stereocenters. The maximum absolute atomic E-state index is 5.98. The Hall–Kier alpha value is -1.83. The van der Waals surface area contributed by atoms with Crippen LogP contribution in [0.25, 0.3) is 0 Å². The van der Waals surface area contributed by atoms with Gasteiger partial charge in [-0.25, -0.2) is 4.99 Å². The molecule has 2 rings (SSSR count). The summed E-state index contributed by atoms with van der Waals surface area (Å²) in [5, 5.41) is 6.93. The summed E-state index contributed by atoms with van der Waals surface area (Å²) in [6.07, 6.45) is 2.33. The Labute approximate surface area is 195 Å². The number of hydrogen-bond acceptors (Lipinski definition) is 5. The summed E-state index contributed by atoms with van der Waals surface area (Å²) >= 11 is 0. The summed E-state index contributed by atoms with van der Waals surface area (Å²) in [4.78, 5) is 9.66. The molecule has 1 fully saturated rings. The van der Waals surface area contributed by atoms with Crippen LogP contribution in [-0.2, 0) is 11.3 Å². The van der Waals surface area contributed by atoms with Crippen molar-refractivity contribution in [3.63, 3.8) is 0 Å². The number of rotatable bonds is 14. The van der Waals surface area contributed by atoms with Gasteiger partial charge in [-0.05, 0) is 64.0 Å². The second kappa shape index (κ2) is 15.9. The molecule has 1 aromatic rings. The van der Waals surface area contributed by atoms with Crippen molar-refractivity contribution < 1.29 is 9.47 Å². The molecule has 182 valence electrons. The second-order valence-electron chi connectivity index (χ2n) is 8.36. The van der Waals surface area contributed by atoms with Crippen LogP contribution in [-0.4, -0.2) is 87.4 Å². The van der Waals surface area contributed by atoms with Gasteiger partial charge in [-0.1, -0.05) is 26.0 Å². The molecule has 0 aromatic heterocycles. The van der Waals surface area contributed by atoms with Gasteiger partial charge in [0.2, 0.25) is 0 Å². The van der Waals surface area contributed by atoms with Gasteiger partial charge in [-0.3, -0.25) is 4.90 Å². The first-order valence-corrected chi connectivity index (χ1v) is 12.4. The van der Waals surface area contributed by atoms with Gasteiger partial charge in [0.05, 0.1) is 19.8 Å². The lowest BCUT2D eigenvalue weighted by Crippen LogP contribution is -2.42. The zero-order chi connectivity index (χ0) is 23.0. The Balaban J connectivity index is 1.78. The molecular formula is C25H45N5O2. The van der Waals surface area contributed by atoms with E-state index < -0.39 is 0 Å². The van der Waals surface area contributed by atoms with Gasteiger partial charge < -0.3 is 25.0 Å². The van der Waals surface area contributed by atoms with Gasteiger partial charge in [-0.15, -0.1) is 0 Å². The van der Waals surface area contributed by atoms with E-state index in [4.69, 9.17) is 14.5 Å².